The Morgan fingerprint density at radius 2 is 1.90 bits per heavy atom. The predicted molar refractivity (Wildman–Crippen MR) is 80.9 cm³/mol. The third kappa shape index (κ3) is 2.56. The number of hydrogen-bond acceptors (Lipinski definition) is 4. The van der Waals surface area contributed by atoms with Crippen LogP contribution in [0.3, 0.4) is 0 Å². The minimum absolute atomic E-state index is 0.187. The second-order valence-electron chi connectivity index (χ2n) is 5.42. The quantitative estimate of drug-likeness (QED) is 0.881. The second-order valence-corrected chi connectivity index (χ2v) is 5.81. The van der Waals surface area contributed by atoms with E-state index in [1.54, 1.807) is 14.2 Å². The number of benzene rings is 1. The Bertz CT molecular complexity index is 668. The zero-order valence-electron chi connectivity index (χ0n) is 12.4. The highest BCUT2D eigenvalue weighted by Crippen LogP contribution is 2.34. The SMILES string of the molecule is COc1ccc(OC)c(-c2n[nH]c(=S)n2C(C)(C)C)c1. The summed E-state index contributed by atoms with van der Waals surface area (Å²) in [5.41, 5.74) is 0.655. The minimum atomic E-state index is -0.187. The van der Waals surface area contributed by atoms with E-state index in [2.05, 4.69) is 31.0 Å². The smallest absolute Gasteiger partial charge is 0.195 e. The van der Waals surface area contributed by atoms with Gasteiger partial charge >= 0.3 is 0 Å². The van der Waals surface area contributed by atoms with Gasteiger partial charge < -0.3 is 9.47 Å². The van der Waals surface area contributed by atoms with Gasteiger partial charge in [0.05, 0.1) is 19.8 Å². The van der Waals surface area contributed by atoms with E-state index in [9.17, 15) is 0 Å². The second kappa shape index (κ2) is 5.28. The zero-order chi connectivity index (χ0) is 14.9. The van der Waals surface area contributed by atoms with Crippen LogP contribution >= 0.6 is 12.2 Å². The highest BCUT2D eigenvalue weighted by Gasteiger charge is 2.22. The van der Waals surface area contributed by atoms with Crippen molar-refractivity contribution in [2.45, 2.75) is 26.3 Å². The van der Waals surface area contributed by atoms with Crippen molar-refractivity contribution >= 4 is 12.2 Å². The molecular weight excluding hydrogens is 274 g/mol. The van der Waals surface area contributed by atoms with Crippen molar-refractivity contribution in [3.05, 3.63) is 23.0 Å². The maximum absolute atomic E-state index is 5.42. The topological polar surface area (TPSA) is 52.1 Å². The van der Waals surface area contributed by atoms with Crippen molar-refractivity contribution in [1.29, 1.82) is 0 Å². The summed E-state index contributed by atoms with van der Waals surface area (Å²) in [5.74, 6) is 2.21. The van der Waals surface area contributed by atoms with Gasteiger partial charge in [-0.05, 0) is 51.2 Å². The van der Waals surface area contributed by atoms with Gasteiger partial charge in [-0.2, -0.15) is 5.10 Å². The number of rotatable bonds is 3. The molecule has 0 fully saturated rings. The van der Waals surface area contributed by atoms with Crippen molar-refractivity contribution < 1.29 is 9.47 Å². The molecule has 0 aliphatic rings. The molecule has 5 nitrogen and oxygen atoms in total. The Labute approximate surface area is 123 Å². The molecule has 0 amide bonds. The lowest BCUT2D eigenvalue weighted by molar-refractivity contribution is 0.389. The van der Waals surface area contributed by atoms with Crippen LogP contribution in [0.15, 0.2) is 18.2 Å². The summed E-state index contributed by atoms with van der Waals surface area (Å²) in [6, 6.07) is 5.61. The molecule has 0 saturated heterocycles. The maximum atomic E-state index is 5.42. The molecule has 108 valence electrons. The van der Waals surface area contributed by atoms with Gasteiger partial charge in [-0.15, -0.1) is 0 Å². The Kier molecular flexibility index (Phi) is 3.85. The first-order valence-electron chi connectivity index (χ1n) is 6.28. The molecule has 0 saturated carbocycles. The molecule has 0 radical (unpaired) electrons. The minimum Gasteiger partial charge on any atom is -0.497 e. The molecule has 2 rings (SSSR count). The lowest BCUT2D eigenvalue weighted by Crippen LogP contribution is -2.23. The molecule has 0 spiro atoms. The summed E-state index contributed by atoms with van der Waals surface area (Å²) >= 11 is 5.33. The molecule has 1 aromatic heterocycles. The molecule has 0 aliphatic heterocycles. The van der Waals surface area contributed by atoms with Gasteiger partial charge in [0, 0.05) is 5.54 Å². The molecule has 20 heavy (non-hydrogen) atoms. The fourth-order valence-corrected chi connectivity index (χ4v) is 2.49. The van der Waals surface area contributed by atoms with E-state index < -0.39 is 0 Å². The Morgan fingerprint density at radius 1 is 1.20 bits per heavy atom. The summed E-state index contributed by atoms with van der Waals surface area (Å²) in [7, 11) is 3.26. The number of nitrogens with one attached hydrogen (secondary N) is 1. The normalized spacial score (nSPS) is 11.4. The molecule has 6 heteroatoms. The van der Waals surface area contributed by atoms with Crippen LogP contribution in [0.4, 0.5) is 0 Å². The van der Waals surface area contributed by atoms with E-state index in [0.29, 0.717) is 4.77 Å². The van der Waals surface area contributed by atoms with Crippen LogP contribution < -0.4 is 9.47 Å². The van der Waals surface area contributed by atoms with Crippen LogP contribution in [-0.2, 0) is 5.54 Å². The van der Waals surface area contributed by atoms with Gasteiger partial charge in [0.1, 0.15) is 11.5 Å². The van der Waals surface area contributed by atoms with Crippen molar-refractivity contribution in [3.63, 3.8) is 0 Å². The summed E-state index contributed by atoms with van der Waals surface area (Å²) in [5, 5.41) is 7.20. The van der Waals surface area contributed by atoms with Crippen LogP contribution in [0.25, 0.3) is 11.4 Å². The standard InChI is InChI=1S/C14H19N3O2S/c1-14(2,3)17-12(15-16-13(17)20)10-8-9(18-4)6-7-11(10)19-5/h6-8H,1-5H3,(H,16,20). The lowest BCUT2D eigenvalue weighted by atomic mass is 10.1. The van der Waals surface area contributed by atoms with E-state index in [0.717, 1.165) is 22.9 Å². The average molecular weight is 293 g/mol. The molecule has 0 unspecified atom stereocenters. The highest BCUT2D eigenvalue weighted by atomic mass is 32.1. The molecule has 1 N–H and O–H groups in total. The van der Waals surface area contributed by atoms with Crippen molar-refractivity contribution in [1.82, 2.24) is 14.8 Å². The van der Waals surface area contributed by atoms with Crippen molar-refractivity contribution in [2.24, 2.45) is 0 Å². The van der Waals surface area contributed by atoms with Gasteiger partial charge in [0.2, 0.25) is 0 Å². The fraction of sp³-hybridized carbons (Fsp3) is 0.429. The first-order chi connectivity index (χ1) is 9.38. The Balaban J connectivity index is 2.71. The Morgan fingerprint density at radius 3 is 2.45 bits per heavy atom. The lowest BCUT2D eigenvalue weighted by Gasteiger charge is -2.23. The third-order valence-corrected chi connectivity index (χ3v) is 3.26. The fourth-order valence-electron chi connectivity index (χ4n) is 2.09. The Hall–Kier alpha value is -1.82. The van der Waals surface area contributed by atoms with Crippen molar-refractivity contribution in [2.75, 3.05) is 14.2 Å². The van der Waals surface area contributed by atoms with E-state index in [1.807, 2.05) is 22.8 Å². The van der Waals surface area contributed by atoms with Crippen LogP contribution in [0, 0.1) is 4.77 Å². The largest absolute Gasteiger partial charge is 0.497 e. The van der Waals surface area contributed by atoms with Gasteiger partial charge in [-0.1, -0.05) is 0 Å². The summed E-state index contributed by atoms with van der Waals surface area (Å²) in [6.45, 7) is 6.23. The van der Waals surface area contributed by atoms with Gasteiger partial charge in [-0.3, -0.25) is 9.67 Å². The first-order valence-corrected chi connectivity index (χ1v) is 6.69. The molecule has 0 atom stereocenters. The van der Waals surface area contributed by atoms with Crippen molar-refractivity contribution in [3.8, 4) is 22.9 Å². The van der Waals surface area contributed by atoms with E-state index in [1.165, 1.54) is 0 Å². The first kappa shape index (κ1) is 14.6. The average Bonchev–Trinajstić information content (AvgIpc) is 2.79. The number of methoxy groups -OCH3 is 2. The molecule has 2 aromatic rings. The number of nitrogens with zero attached hydrogens (tertiary/aromatic N) is 2. The third-order valence-electron chi connectivity index (χ3n) is 2.99. The highest BCUT2D eigenvalue weighted by molar-refractivity contribution is 7.71. The van der Waals surface area contributed by atoms with Gasteiger partial charge in [0.25, 0.3) is 0 Å². The van der Waals surface area contributed by atoms with E-state index in [4.69, 9.17) is 21.7 Å². The van der Waals surface area contributed by atoms with E-state index >= 15 is 0 Å². The summed E-state index contributed by atoms with van der Waals surface area (Å²) in [4.78, 5) is 0. The molecular formula is C14H19N3O2S. The monoisotopic (exact) mass is 293 g/mol. The number of ether oxygens (including phenoxy) is 2. The van der Waals surface area contributed by atoms with E-state index in [-0.39, 0.29) is 5.54 Å². The van der Waals surface area contributed by atoms with Gasteiger partial charge in [0.15, 0.2) is 10.6 Å². The van der Waals surface area contributed by atoms with Crippen LogP contribution in [0.1, 0.15) is 20.8 Å². The zero-order valence-corrected chi connectivity index (χ0v) is 13.2. The number of aromatic amines is 1. The summed E-state index contributed by atoms with van der Waals surface area (Å²) < 4.78 is 13.3. The number of H-pyrrole nitrogens is 1. The predicted octanol–water partition coefficient (Wildman–Crippen LogP) is 3.38. The van der Waals surface area contributed by atoms with Crippen LogP contribution in [0.5, 0.6) is 11.5 Å². The van der Waals surface area contributed by atoms with Gasteiger partial charge in [-0.25, -0.2) is 0 Å². The van der Waals surface area contributed by atoms with Crippen LogP contribution in [0.2, 0.25) is 0 Å². The molecule has 1 aromatic carbocycles. The maximum Gasteiger partial charge on any atom is 0.195 e. The molecule has 0 aliphatic carbocycles. The molecule has 1 heterocycles. The molecule has 0 bridgehead atoms. The number of aromatic nitrogens is 3. The van der Waals surface area contributed by atoms with Crippen LogP contribution in [-0.4, -0.2) is 29.0 Å². The summed E-state index contributed by atoms with van der Waals surface area (Å²) in [6.07, 6.45) is 0. The number of hydrogen-bond donors (Lipinski definition) is 1.